The van der Waals surface area contributed by atoms with Crippen molar-refractivity contribution < 1.29 is 14.6 Å². The summed E-state index contributed by atoms with van der Waals surface area (Å²) in [6.45, 7) is 9.95. The number of rotatable bonds is 6. The molecule has 6 nitrogen and oxygen atoms in total. The van der Waals surface area contributed by atoms with Gasteiger partial charge in [0.1, 0.15) is 17.7 Å². The molecule has 0 aliphatic rings. The zero-order valence-electron chi connectivity index (χ0n) is 12.1. The zero-order valence-corrected chi connectivity index (χ0v) is 12.1. The van der Waals surface area contributed by atoms with Crippen LogP contribution < -0.4 is 9.64 Å². The first-order valence-electron chi connectivity index (χ1n) is 6.31. The molecule has 0 unspecified atom stereocenters. The molecular formula is C13H21N3O3. The van der Waals surface area contributed by atoms with Gasteiger partial charge in [-0.05, 0) is 34.6 Å². The summed E-state index contributed by atoms with van der Waals surface area (Å²) in [6.07, 6.45) is 1.40. The highest BCUT2D eigenvalue weighted by Gasteiger charge is 2.35. The van der Waals surface area contributed by atoms with Gasteiger partial charge in [-0.3, -0.25) is 0 Å². The van der Waals surface area contributed by atoms with Crippen LogP contribution in [0.1, 0.15) is 33.3 Å². The predicted octanol–water partition coefficient (Wildman–Crippen LogP) is 1.87. The molecule has 1 aromatic rings. The molecule has 0 aliphatic carbocycles. The molecule has 0 bridgehead atoms. The molecule has 0 amide bonds. The van der Waals surface area contributed by atoms with Crippen LogP contribution in [-0.2, 0) is 4.79 Å². The summed E-state index contributed by atoms with van der Waals surface area (Å²) in [5.41, 5.74) is -0.294. The van der Waals surface area contributed by atoms with E-state index in [-0.39, 0.29) is 0 Å². The Morgan fingerprint density at radius 1 is 1.42 bits per heavy atom. The van der Waals surface area contributed by atoms with E-state index in [0.29, 0.717) is 24.8 Å². The Kier molecular flexibility index (Phi) is 4.69. The number of ether oxygens (including phenoxy) is 1. The molecule has 0 radical (unpaired) electrons. The van der Waals surface area contributed by atoms with E-state index in [2.05, 4.69) is 9.97 Å². The molecule has 0 aromatic carbocycles. The van der Waals surface area contributed by atoms with Crippen molar-refractivity contribution >= 4 is 11.8 Å². The van der Waals surface area contributed by atoms with Crippen LogP contribution in [0, 0.1) is 6.92 Å². The third-order valence-electron chi connectivity index (χ3n) is 3.06. The third kappa shape index (κ3) is 2.94. The van der Waals surface area contributed by atoms with E-state index < -0.39 is 11.5 Å². The lowest BCUT2D eigenvalue weighted by Gasteiger charge is -2.36. The minimum atomic E-state index is -1.04. The fourth-order valence-corrected chi connectivity index (χ4v) is 1.90. The summed E-state index contributed by atoms with van der Waals surface area (Å²) < 4.78 is 5.42. The number of aromatic nitrogens is 2. The van der Waals surface area contributed by atoms with Crippen LogP contribution in [0.2, 0.25) is 0 Å². The van der Waals surface area contributed by atoms with Gasteiger partial charge >= 0.3 is 5.97 Å². The highest BCUT2D eigenvalue weighted by Crippen LogP contribution is 2.29. The van der Waals surface area contributed by atoms with Crippen LogP contribution in [0.5, 0.6) is 5.88 Å². The minimum absolute atomic E-state index is 0.493. The van der Waals surface area contributed by atoms with Gasteiger partial charge in [0.2, 0.25) is 5.88 Å². The van der Waals surface area contributed by atoms with E-state index in [9.17, 15) is 9.90 Å². The predicted molar refractivity (Wildman–Crippen MR) is 72.7 cm³/mol. The summed E-state index contributed by atoms with van der Waals surface area (Å²) in [4.78, 5) is 21.4. The van der Waals surface area contributed by atoms with Crippen molar-refractivity contribution in [3.8, 4) is 5.88 Å². The first kappa shape index (κ1) is 15.2. The fourth-order valence-electron chi connectivity index (χ4n) is 1.90. The number of carboxylic acids is 1. The van der Waals surface area contributed by atoms with Crippen molar-refractivity contribution in [3.05, 3.63) is 11.9 Å². The van der Waals surface area contributed by atoms with E-state index in [1.165, 1.54) is 6.33 Å². The topological polar surface area (TPSA) is 75.6 Å². The Hall–Kier alpha value is -1.85. The molecular weight excluding hydrogens is 246 g/mol. The maximum atomic E-state index is 11.4. The van der Waals surface area contributed by atoms with Crippen LogP contribution in [0.4, 0.5) is 5.82 Å². The number of carbonyl (C=O) groups is 1. The highest BCUT2D eigenvalue weighted by molar-refractivity contribution is 5.82. The molecule has 0 fully saturated rings. The molecule has 1 aromatic heterocycles. The summed E-state index contributed by atoms with van der Waals surface area (Å²) in [5, 5.41) is 9.35. The molecule has 6 heteroatoms. The minimum Gasteiger partial charge on any atom is -0.480 e. The van der Waals surface area contributed by atoms with Gasteiger partial charge in [-0.2, -0.15) is 0 Å². The molecule has 0 spiro atoms. The number of anilines is 1. The van der Waals surface area contributed by atoms with Crippen molar-refractivity contribution in [1.82, 2.24) is 9.97 Å². The second-order valence-corrected chi connectivity index (χ2v) is 4.67. The molecule has 19 heavy (non-hydrogen) atoms. The first-order valence-corrected chi connectivity index (χ1v) is 6.31. The van der Waals surface area contributed by atoms with Crippen molar-refractivity contribution in [2.75, 3.05) is 18.1 Å². The average Bonchev–Trinajstić information content (AvgIpc) is 2.34. The quantitative estimate of drug-likeness (QED) is 0.848. The Morgan fingerprint density at radius 3 is 2.53 bits per heavy atom. The lowest BCUT2D eigenvalue weighted by molar-refractivity contribution is -0.142. The van der Waals surface area contributed by atoms with Gasteiger partial charge in [0, 0.05) is 6.54 Å². The number of hydrogen-bond donors (Lipinski definition) is 1. The number of nitrogens with zero attached hydrogens (tertiary/aromatic N) is 3. The number of likely N-dealkylation sites (N-methyl/N-ethyl adjacent to an activating group) is 1. The maximum Gasteiger partial charge on any atom is 0.328 e. The molecule has 1 heterocycles. The van der Waals surface area contributed by atoms with Gasteiger partial charge < -0.3 is 14.7 Å². The molecule has 1 N–H and O–H groups in total. The van der Waals surface area contributed by atoms with Crippen LogP contribution in [-0.4, -0.2) is 39.7 Å². The van der Waals surface area contributed by atoms with Crippen molar-refractivity contribution in [2.24, 2.45) is 0 Å². The molecule has 106 valence electrons. The van der Waals surface area contributed by atoms with Gasteiger partial charge in [0.05, 0.1) is 12.2 Å². The lowest BCUT2D eigenvalue weighted by atomic mass is 10.0. The normalized spacial score (nSPS) is 11.2. The Balaban J connectivity index is 3.26. The number of hydrogen-bond acceptors (Lipinski definition) is 5. The number of carboxylic acid groups (broad SMARTS) is 1. The lowest BCUT2D eigenvalue weighted by Crippen LogP contribution is -2.51. The second-order valence-electron chi connectivity index (χ2n) is 4.67. The fraction of sp³-hybridized carbons (Fsp3) is 0.615. The van der Waals surface area contributed by atoms with E-state index >= 15 is 0 Å². The van der Waals surface area contributed by atoms with E-state index in [4.69, 9.17) is 4.74 Å². The maximum absolute atomic E-state index is 11.4. The largest absolute Gasteiger partial charge is 0.480 e. The molecule has 0 saturated heterocycles. The summed E-state index contributed by atoms with van der Waals surface area (Å²) in [5.74, 6) is 0.186. The molecule has 0 saturated carbocycles. The molecule has 0 aliphatic heterocycles. The Morgan fingerprint density at radius 2 is 2.05 bits per heavy atom. The third-order valence-corrected chi connectivity index (χ3v) is 3.06. The molecule has 1 rings (SSSR count). The summed E-state index contributed by atoms with van der Waals surface area (Å²) in [6, 6.07) is 0. The van der Waals surface area contributed by atoms with Crippen LogP contribution in [0.25, 0.3) is 0 Å². The monoisotopic (exact) mass is 267 g/mol. The van der Waals surface area contributed by atoms with Crippen molar-refractivity contribution in [2.45, 2.75) is 40.2 Å². The SMILES string of the molecule is CCOc1ncnc(N(CC)C(C)(C)C(=O)O)c1C. The highest BCUT2D eigenvalue weighted by atomic mass is 16.5. The first-order chi connectivity index (χ1) is 8.86. The molecule has 0 atom stereocenters. The summed E-state index contributed by atoms with van der Waals surface area (Å²) >= 11 is 0. The Bertz CT molecular complexity index is 460. The van der Waals surface area contributed by atoms with Crippen LogP contribution in [0.3, 0.4) is 0 Å². The van der Waals surface area contributed by atoms with Gasteiger partial charge in [0.15, 0.2) is 0 Å². The van der Waals surface area contributed by atoms with Gasteiger partial charge in [-0.25, -0.2) is 14.8 Å². The van der Waals surface area contributed by atoms with Gasteiger partial charge in [0.25, 0.3) is 0 Å². The Labute approximate surface area is 113 Å². The smallest absolute Gasteiger partial charge is 0.328 e. The van der Waals surface area contributed by atoms with Crippen LogP contribution in [0.15, 0.2) is 6.33 Å². The van der Waals surface area contributed by atoms with Gasteiger partial charge in [-0.1, -0.05) is 0 Å². The van der Waals surface area contributed by atoms with E-state index in [0.717, 1.165) is 5.56 Å². The average molecular weight is 267 g/mol. The van der Waals surface area contributed by atoms with Crippen molar-refractivity contribution in [1.29, 1.82) is 0 Å². The van der Waals surface area contributed by atoms with Crippen molar-refractivity contribution in [3.63, 3.8) is 0 Å². The van der Waals surface area contributed by atoms with Gasteiger partial charge in [-0.15, -0.1) is 0 Å². The van der Waals surface area contributed by atoms with E-state index in [1.807, 2.05) is 20.8 Å². The zero-order chi connectivity index (χ0) is 14.6. The van der Waals surface area contributed by atoms with Crippen LogP contribution >= 0.6 is 0 Å². The number of aliphatic carboxylic acids is 1. The second kappa shape index (κ2) is 5.86. The standard InChI is InChI=1S/C13H21N3O3/c1-6-16(13(4,5)12(17)18)10-9(3)11(19-7-2)15-8-14-10/h8H,6-7H2,1-5H3,(H,17,18). The summed E-state index contributed by atoms with van der Waals surface area (Å²) in [7, 11) is 0. The van der Waals surface area contributed by atoms with E-state index in [1.54, 1.807) is 18.7 Å².